The highest BCUT2D eigenvalue weighted by atomic mass is 16.5. The van der Waals surface area contributed by atoms with Crippen LogP contribution in [0.15, 0.2) is 52.9 Å². The lowest BCUT2D eigenvalue weighted by Crippen LogP contribution is -2.02. The van der Waals surface area contributed by atoms with Crippen molar-refractivity contribution >= 4 is 0 Å². The summed E-state index contributed by atoms with van der Waals surface area (Å²) in [6.07, 6.45) is 0.683. The fraction of sp³-hybridized carbons (Fsp3) is 0.250. The van der Waals surface area contributed by atoms with E-state index in [4.69, 9.17) is 14.3 Å². The first kappa shape index (κ1) is 16.3. The Balaban J connectivity index is 1.62. The molecule has 24 heavy (non-hydrogen) atoms. The van der Waals surface area contributed by atoms with Crippen LogP contribution >= 0.6 is 0 Å². The minimum absolute atomic E-state index is 0.0419. The van der Waals surface area contributed by atoms with Crippen LogP contribution in [0.3, 0.4) is 0 Å². The van der Waals surface area contributed by atoms with E-state index in [0.29, 0.717) is 18.9 Å². The van der Waals surface area contributed by atoms with Crippen molar-refractivity contribution < 1.29 is 14.3 Å². The smallest absolute Gasteiger partial charge is 0.226 e. The molecule has 2 aromatic carbocycles. The quantitative estimate of drug-likeness (QED) is 0.743. The molecule has 0 aliphatic rings. The molecule has 0 aliphatic heterocycles. The molecule has 3 aromatic rings. The molecule has 1 heterocycles. The highest BCUT2D eigenvalue weighted by molar-refractivity contribution is 5.54. The van der Waals surface area contributed by atoms with Crippen molar-refractivity contribution in [3.05, 3.63) is 71.1 Å². The Kier molecular flexibility index (Phi) is 4.96. The fourth-order valence-electron chi connectivity index (χ4n) is 2.44. The molecule has 1 N–H and O–H groups in total. The summed E-state index contributed by atoms with van der Waals surface area (Å²) < 4.78 is 11.5. The van der Waals surface area contributed by atoms with E-state index < -0.39 is 0 Å². The summed E-state index contributed by atoms with van der Waals surface area (Å²) in [5.41, 5.74) is 3.98. The van der Waals surface area contributed by atoms with Gasteiger partial charge in [-0.2, -0.15) is 0 Å². The molecule has 0 unspecified atom stereocenters. The minimum atomic E-state index is 0.0419. The van der Waals surface area contributed by atoms with Gasteiger partial charge in [0.25, 0.3) is 0 Å². The zero-order valence-electron chi connectivity index (χ0n) is 14.0. The summed E-state index contributed by atoms with van der Waals surface area (Å²) in [7, 11) is 0. The van der Waals surface area contributed by atoms with Crippen molar-refractivity contribution in [3.63, 3.8) is 0 Å². The first-order valence-corrected chi connectivity index (χ1v) is 8.01. The van der Waals surface area contributed by atoms with Crippen LogP contribution in [0, 0.1) is 13.8 Å². The summed E-state index contributed by atoms with van der Waals surface area (Å²) in [6.45, 7) is 4.55. The van der Waals surface area contributed by atoms with Crippen molar-refractivity contribution in [1.29, 1.82) is 0 Å². The van der Waals surface area contributed by atoms with E-state index in [0.717, 1.165) is 28.3 Å². The Bertz CT molecular complexity index is 789. The van der Waals surface area contributed by atoms with E-state index >= 15 is 0 Å². The van der Waals surface area contributed by atoms with Gasteiger partial charge in [0, 0.05) is 12.0 Å². The highest BCUT2D eigenvalue weighted by Crippen LogP contribution is 2.22. The second kappa shape index (κ2) is 7.32. The molecule has 0 aliphatic carbocycles. The van der Waals surface area contributed by atoms with Crippen molar-refractivity contribution in [1.82, 2.24) is 4.98 Å². The summed E-state index contributed by atoms with van der Waals surface area (Å²) in [4.78, 5) is 4.59. The third kappa shape index (κ3) is 3.84. The number of ether oxygens (including phenoxy) is 1. The summed E-state index contributed by atoms with van der Waals surface area (Å²) >= 11 is 0. The van der Waals surface area contributed by atoms with Crippen molar-refractivity contribution in [3.8, 4) is 17.2 Å². The molecule has 124 valence electrons. The van der Waals surface area contributed by atoms with Crippen molar-refractivity contribution in [2.24, 2.45) is 0 Å². The number of hydrogen-bond donors (Lipinski definition) is 1. The van der Waals surface area contributed by atoms with Gasteiger partial charge in [-0.3, -0.25) is 0 Å². The van der Waals surface area contributed by atoms with Gasteiger partial charge in [0.2, 0.25) is 5.89 Å². The predicted octanol–water partition coefficient (Wildman–Crippen LogP) is 4.07. The summed E-state index contributed by atoms with van der Waals surface area (Å²) in [5.74, 6) is 2.26. The molecule has 0 saturated carbocycles. The van der Waals surface area contributed by atoms with Gasteiger partial charge in [0.05, 0.1) is 18.9 Å². The highest BCUT2D eigenvalue weighted by Gasteiger charge is 2.11. The van der Waals surface area contributed by atoms with Crippen LogP contribution in [0.2, 0.25) is 0 Å². The molecule has 0 bridgehead atoms. The van der Waals surface area contributed by atoms with E-state index in [9.17, 15) is 0 Å². The second-order valence-corrected chi connectivity index (χ2v) is 5.79. The normalized spacial score (nSPS) is 10.8. The Morgan fingerprint density at radius 2 is 1.71 bits per heavy atom. The lowest BCUT2D eigenvalue weighted by Gasteiger charge is -2.05. The zero-order valence-corrected chi connectivity index (χ0v) is 14.0. The number of aryl methyl sites for hydroxylation is 2. The topological polar surface area (TPSA) is 55.5 Å². The maximum Gasteiger partial charge on any atom is 0.226 e. The number of benzene rings is 2. The minimum Gasteiger partial charge on any atom is -0.493 e. The largest absolute Gasteiger partial charge is 0.493 e. The maximum absolute atomic E-state index is 9.04. The van der Waals surface area contributed by atoms with Gasteiger partial charge in [-0.1, -0.05) is 29.8 Å². The molecular formula is C20H21NO3. The number of aromatic nitrogens is 1. The summed E-state index contributed by atoms with van der Waals surface area (Å²) in [6, 6.07) is 15.6. The van der Waals surface area contributed by atoms with Crippen LogP contribution in [-0.4, -0.2) is 16.7 Å². The average Bonchev–Trinajstić information content (AvgIpc) is 2.97. The van der Waals surface area contributed by atoms with Crippen LogP contribution < -0.4 is 4.74 Å². The average molecular weight is 323 g/mol. The van der Waals surface area contributed by atoms with E-state index in [1.165, 1.54) is 5.56 Å². The molecule has 0 fully saturated rings. The van der Waals surface area contributed by atoms with Gasteiger partial charge in [-0.15, -0.1) is 0 Å². The summed E-state index contributed by atoms with van der Waals surface area (Å²) in [5, 5.41) is 9.04. The van der Waals surface area contributed by atoms with Crippen molar-refractivity contribution in [2.75, 3.05) is 6.61 Å². The third-order valence-electron chi connectivity index (χ3n) is 3.90. The van der Waals surface area contributed by atoms with Crippen LogP contribution in [0.4, 0.5) is 0 Å². The van der Waals surface area contributed by atoms with Crippen LogP contribution in [0.25, 0.3) is 11.5 Å². The second-order valence-electron chi connectivity index (χ2n) is 5.79. The number of aliphatic hydroxyl groups is 1. The predicted molar refractivity (Wildman–Crippen MR) is 93.0 cm³/mol. The first-order chi connectivity index (χ1) is 11.7. The molecule has 4 nitrogen and oxygen atoms in total. The van der Waals surface area contributed by atoms with Crippen LogP contribution in [0.1, 0.15) is 22.6 Å². The Hall–Kier alpha value is -2.59. The lowest BCUT2D eigenvalue weighted by atomic mass is 10.1. The van der Waals surface area contributed by atoms with Crippen molar-refractivity contribution in [2.45, 2.75) is 26.9 Å². The molecular weight excluding hydrogens is 302 g/mol. The molecule has 1 aromatic heterocycles. The zero-order chi connectivity index (χ0) is 16.9. The van der Waals surface area contributed by atoms with Gasteiger partial charge in [0.15, 0.2) is 0 Å². The molecule has 0 saturated heterocycles. The molecule has 3 rings (SSSR count). The number of rotatable bonds is 6. The Morgan fingerprint density at radius 1 is 1.00 bits per heavy atom. The molecule has 0 amide bonds. The van der Waals surface area contributed by atoms with E-state index in [2.05, 4.69) is 11.9 Å². The number of nitrogens with zero attached hydrogens (tertiary/aromatic N) is 1. The van der Waals surface area contributed by atoms with Gasteiger partial charge in [0.1, 0.15) is 11.5 Å². The Labute approximate surface area is 141 Å². The van der Waals surface area contributed by atoms with E-state index in [1.807, 2.05) is 55.5 Å². The monoisotopic (exact) mass is 323 g/mol. The maximum atomic E-state index is 9.04. The van der Waals surface area contributed by atoms with Gasteiger partial charge < -0.3 is 14.3 Å². The molecule has 0 atom stereocenters. The fourth-order valence-corrected chi connectivity index (χ4v) is 2.44. The van der Waals surface area contributed by atoms with Gasteiger partial charge >= 0.3 is 0 Å². The van der Waals surface area contributed by atoms with Crippen LogP contribution in [-0.2, 0) is 13.0 Å². The lowest BCUT2D eigenvalue weighted by molar-refractivity contribution is 0.281. The Morgan fingerprint density at radius 3 is 2.38 bits per heavy atom. The van der Waals surface area contributed by atoms with Gasteiger partial charge in [-0.25, -0.2) is 4.98 Å². The molecule has 0 radical (unpaired) electrons. The number of hydrogen-bond acceptors (Lipinski definition) is 4. The molecule has 0 spiro atoms. The SMILES string of the molecule is Cc1ccc(-c2nc(CCOc3ccc(CO)cc3)c(C)o2)cc1. The number of aliphatic hydroxyl groups excluding tert-OH is 1. The van der Waals surface area contributed by atoms with Gasteiger partial charge in [-0.05, 0) is 43.7 Å². The van der Waals surface area contributed by atoms with Crippen LogP contribution in [0.5, 0.6) is 5.75 Å². The molecule has 4 heteroatoms. The van der Waals surface area contributed by atoms with E-state index in [1.54, 1.807) is 0 Å². The first-order valence-electron chi connectivity index (χ1n) is 8.01. The van der Waals surface area contributed by atoms with E-state index in [-0.39, 0.29) is 6.61 Å². The number of oxazole rings is 1. The standard InChI is InChI=1S/C20H21NO3/c1-14-3-7-17(8-4-14)20-21-19(15(2)24-20)11-12-23-18-9-5-16(13-22)6-10-18/h3-10,22H,11-13H2,1-2H3. The third-order valence-corrected chi connectivity index (χ3v) is 3.90.